The summed E-state index contributed by atoms with van der Waals surface area (Å²) in [5.74, 6) is -0.578. The molecule has 0 spiro atoms. The fourth-order valence-electron chi connectivity index (χ4n) is 5.08. The van der Waals surface area contributed by atoms with Gasteiger partial charge in [-0.25, -0.2) is 4.79 Å². The fourth-order valence-corrected chi connectivity index (χ4v) is 7.06. The fraction of sp³-hybridized carbons (Fsp3) is 0.237. The molecule has 262 valence electrons. The van der Waals surface area contributed by atoms with Crippen molar-refractivity contribution in [1.82, 2.24) is 10.2 Å². The summed E-state index contributed by atoms with van der Waals surface area (Å²) in [6.45, 7) is 6.15. The normalized spacial score (nSPS) is 12.6. The van der Waals surface area contributed by atoms with Crippen molar-refractivity contribution in [3.63, 3.8) is 0 Å². The molecule has 3 aromatic carbocycles. The molecule has 4 amide bonds. The third-order valence-electron chi connectivity index (χ3n) is 7.49. The van der Waals surface area contributed by atoms with Crippen LogP contribution in [0, 0.1) is 11.3 Å². The highest BCUT2D eigenvalue weighted by Crippen LogP contribution is 2.37. The van der Waals surface area contributed by atoms with E-state index < -0.39 is 23.5 Å². The van der Waals surface area contributed by atoms with Crippen molar-refractivity contribution in [3.8, 4) is 11.8 Å². The van der Waals surface area contributed by atoms with E-state index in [0.29, 0.717) is 52.6 Å². The molecule has 11 nitrogen and oxygen atoms in total. The summed E-state index contributed by atoms with van der Waals surface area (Å²) < 4.78 is 10.7. The minimum Gasteiger partial charge on any atom is -0.497 e. The van der Waals surface area contributed by atoms with Gasteiger partial charge in [0.05, 0.1) is 25.0 Å². The van der Waals surface area contributed by atoms with Crippen LogP contribution in [0.2, 0.25) is 0 Å². The van der Waals surface area contributed by atoms with E-state index >= 15 is 0 Å². The highest BCUT2D eigenvalue weighted by atomic mass is 32.2. The minimum absolute atomic E-state index is 0.0348. The van der Waals surface area contributed by atoms with Crippen molar-refractivity contribution in [3.05, 3.63) is 112 Å². The maximum atomic E-state index is 13.5. The first-order valence-corrected chi connectivity index (χ1v) is 17.8. The van der Waals surface area contributed by atoms with Crippen molar-refractivity contribution in [2.45, 2.75) is 44.2 Å². The summed E-state index contributed by atoms with van der Waals surface area (Å²) in [7, 11) is 1.56. The number of thioether (sulfide) groups is 1. The Kier molecular flexibility index (Phi) is 11.8. The quantitative estimate of drug-likeness (QED) is 0.116. The Morgan fingerprint density at radius 1 is 1.00 bits per heavy atom. The van der Waals surface area contributed by atoms with Gasteiger partial charge >= 0.3 is 6.09 Å². The summed E-state index contributed by atoms with van der Waals surface area (Å²) >= 11 is 2.55. The number of rotatable bonds is 10. The third kappa shape index (κ3) is 10.00. The predicted octanol–water partition coefficient (Wildman–Crippen LogP) is 7.06. The molecule has 0 radical (unpaired) electrons. The van der Waals surface area contributed by atoms with Crippen molar-refractivity contribution < 1.29 is 28.7 Å². The van der Waals surface area contributed by atoms with Crippen LogP contribution in [0.15, 0.2) is 89.5 Å². The van der Waals surface area contributed by atoms with Gasteiger partial charge in [0.1, 0.15) is 28.1 Å². The van der Waals surface area contributed by atoms with Crippen LogP contribution in [-0.4, -0.2) is 53.7 Å². The van der Waals surface area contributed by atoms with Crippen molar-refractivity contribution in [2.24, 2.45) is 0 Å². The Bertz CT molecular complexity index is 2000. The number of carbonyl (C=O) groups is 4. The van der Waals surface area contributed by atoms with Gasteiger partial charge in [-0.05, 0) is 86.9 Å². The molecule has 0 atom stereocenters. The number of amides is 4. The van der Waals surface area contributed by atoms with E-state index in [1.165, 1.54) is 23.1 Å². The van der Waals surface area contributed by atoms with Gasteiger partial charge in [0.2, 0.25) is 5.91 Å². The molecule has 0 saturated heterocycles. The third-order valence-corrected chi connectivity index (χ3v) is 9.62. The van der Waals surface area contributed by atoms with Crippen LogP contribution >= 0.6 is 23.1 Å². The van der Waals surface area contributed by atoms with E-state index in [4.69, 9.17) is 9.47 Å². The summed E-state index contributed by atoms with van der Waals surface area (Å²) in [5, 5.41) is 18.8. The molecule has 1 aromatic heterocycles. The van der Waals surface area contributed by atoms with Crippen LogP contribution in [0.25, 0.3) is 6.08 Å². The minimum atomic E-state index is -0.620. The van der Waals surface area contributed by atoms with Crippen molar-refractivity contribution in [2.75, 3.05) is 30.0 Å². The lowest BCUT2D eigenvalue weighted by atomic mass is 10.0. The lowest BCUT2D eigenvalue weighted by molar-refractivity contribution is -0.114. The van der Waals surface area contributed by atoms with E-state index in [9.17, 15) is 24.4 Å². The maximum absolute atomic E-state index is 13.5. The first-order valence-electron chi connectivity index (χ1n) is 16.0. The average Bonchev–Trinajstić information content (AvgIpc) is 3.46. The van der Waals surface area contributed by atoms with Crippen LogP contribution < -0.4 is 20.7 Å². The number of methoxy groups -OCH3 is 1. The number of nitrogens with one attached hydrogen (secondary N) is 3. The number of ether oxygens (including phenoxy) is 2. The molecule has 0 saturated carbocycles. The number of anilines is 2. The molecule has 51 heavy (non-hydrogen) atoms. The molecule has 0 fully saturated rings. The number of nitrogens with zero attached hydrogens (tertiary/aromatic N) is 2. The standard InChI is InChI=1S/C38H37N5O6S2/c1-38(2,3)49-37(47)43-18-17-29-30(21-39)36(51-32(29)22-43)42-33(44)23-50-28-12-8-11-26(20-28)40-35(46)31(19-24-13-15-27(48-4)16-14-24)41-34(45)25-9-6-5-7-10-25/h5-16,19-20H,17-18,22-23H2,1-4H3,(H,40,46)(H,41,45)(H,42,44)/b31-19+. The Morgan fingerprint density at radius 2 is 1.75 bits per heavy atom. The lowest BCUT2D eigenvalue weighted by Gasteiger charge is -2.29. The second kappa shape index (κ2) is 16.4. The van der Waals surface area contributed by atoms with E-state index in [1.54, 1.807) is 90.9 Å². The Labute approximate surface area is 304 Å². The van der Waals surface area contributed by atoms with Crippen LogP contribution in [0.4, 0.5) is 15.5 Å². The molecular formula is C38H37N5O6S2. The van der Waals surface area contributed by atoms with E-state index in [0.717, 1.165) is 15.3 Å². The zero-order chi connectivity index (χ0) is 36.5. The van der Waals surface area contributed by atoms with Gasteiger partial charge < -0.3 is 30.3 Å². The Balaban J connectivity index is 1.23. The second-order valence-electron chi connectivity index (χ2n) is 12.4. The van der Waals surface area contributed by atoms with Crippen LogP contribution in [-0.2, 0) is 27.3 Å². The summed E-state index contributed by atoms with van der Waals surface area (Å²) in [6, 6.07) is 24.9. The van der Waals surface area contributed by atoms with Crippen molar-refractivity contribution in [1.29, 1.82) is 5.26 Å². The first kappa shape index (κ1) is 36.7. The van der Waals surface area contributed by atoms with Crippen LogP contribution in [0.1, 0.15) is 52.7 Å². The molecule has 4 aromatic rings. The van der Waals surface area contributed by atoms with Gasteiger partial charge in [-0.15, -0.1) is 23.1 Å². The van der Waals surface area contributed by atoms with Gasteiger partial charge in [0.15, 0.2) is 0 Å². The molecule has 13 heteroatoms. The largest absolute Gasteiger partial charge is 0.497 e. The van der Waals surface area contributed by atoms with Gasteiger partial charge in [0, 0.05) is 27.6 Å². The number of fused-ring (bicyclic) bond motifs is 1. The molecule has 1 aliphatic heterocycles. The monoisotopic (exact) mass is 723 g/mol. The number of nitriles is 1. The maximum Gasteiger partial charge on any atom is 0.410 e. The summed E-state index contributed by atoms with van der Waals surface area (Å²) in [4.78, 5) is 55.3. The van der Waals surface area contributed by atoms with Gasteiger partial charge in [-0.2, -0.15) is 5.26 Å². The van der Waals surface area contributed by atoms with Gasteiger partial charge in [-0.1, -0.05) is 36.4 Å². The van der Waals surface area contributed by atoms with E-state index in [2.05, 4.69) is 22.0 Å². The number of carbonyl (C=O) groups excluding carboxylic acids is 4. The van der Waals surface area contributed by atoms with Gasteiger partial charge in [-0.3, -0.25) is 14.4 Å². The number of thiophene rings is 1. The highest BCUT2D eigenvalue weighted by molar-refractivity contribution is 8.00. The molecule has 5 rings (SSSR count). The predicted molar refractivity (Wildman–Crippen MR) is 199 cm³/mol. The van der Waals surface area contributed by atoms with Crippen molar-refractivity contribution >= 4 is 63.7 Å². The molecule has 0 bridgehead atoms. The zero-order valence-electron chi connectivity index (χ0n) is 28.6. The highest BCUT2D eigenvalue weighted by Gasteiger charge is 2.30. The Hall–Kier alpha value is -5.58. The smallest absolute Gasteiger partial charge is 0.410 e. The number of hydrogen-bond acceptors (Lipinski definition) is 9. The molecule has 3 N–H and O–H groups in total. The van der Waals surface area contributed by atoms with Crippen LogP contribution in [0.5, 0.6) is 5.75 Å². The average molecular weight is 724 g/mol. The SMILES string of the molecule is COc1ccc(/C=C(/NC(=O)c2ccccc2)C(=O)Nc2cccc(SCC(=O)Nc3sc4c(c3C#N)CCN(C(=O)OC(C)(C)C)C4)c2)cc1. The Morgan fingerprint density at radius 3 is 2.43 bits per heavy atom. The molecule has 0 aliphatic carbocycles. The molecule has 1 aliphatic rings. The molecule has 0 unspecified atom stereocenters. The number of benzene rings is 3. The summed E-state index contributed by atoms with van der Waals surface area (Å²) in [6.07, 6.45) is 1.65. The second-order valence-corrected chi connectivity index (χ2v) is 14.6. The zero-order valence-corrected chi connectivity index (χ0v) is 30.2. The van der Waals surface area contributed by atoms with E-state index in [-0.39, 0.29) is 17.4 Å². The van der Waals surface area contributed by atoms with Crippen LogP contribution in [0.3, 0.4) is 0 Å². The van der Waals surface area contributed by atoms with Gasteiger partial charge in [0.25, 0.3) is 11.8 Å². The van der Waals surface area contributed by atoms with E-state index in [1.807, 2.05) is 26.8 Å². The first-order chi connectivity index (χ1) is 24.4. The number of hydrogen-bond donors (Lipinski definition) is 3. The lowest BCUT2D eigenvalue weighted by Crippen LogP contribution is -2.39. The topological polar surface area (TPSA) is 150 Å². The molecular weight excluding hydrogens is 687 g/mol. The molecule has 2 heterocycles. The summed E-state index contributed by atoms with van der Waals surface area (Å²) in [5.41, 5.74) is 2.21.